The normalized spacial score (nSPS) is 14.3. The van der Waals surface area contributed by atoms with Gasteiger partial charge in [-0.15, -0.1) is 0 Å². The second-order valence-corrected chi connectivity index (χ2v) is 8.15. The Morgan fingerprint density at radius 1 is 1.06 bits per heavy atom. The number of nitrogens with zero attached hydrogens (tertiary/aromatic N) is 3. The summed E-state index contributed by atoms with van der Waals surface area (Å²) in [5.41, 5.74) is 2.04. The van der Waals surface area contributed by atoms with Gasteiger partial charge in [-0.3, -0.25) is 14.5 Å². The first-order valence-electron chi connectivity index (χ1n) is 11.2. The van der Waals surface area contributed by atoms with Crippen molar-refractivity contribution in [2.75, 3.05) is 38.0 Å². The summed E-state index contributed by atoms with van der Waals surface area (Å²) in [4.78, 5) is 28.5. The quantitative estimate of drug-likeness (QED) is 0.519. The number of ether oxygens (including phenoxy) is 1. The van der Waals surface area contributed by atoms with E-state index in [1.165, 1.54) is 0 Å². The van der Waals surface area contributed by atoms with Crippen LogP contribution >= 0.6 is 0 Å². The SMILES string of the molecule is Cc1cc(NC(=O)CN2CCN(C(=O)/C=C/c3ccc(OCc4ccccc4)cc3)CC2)no1. The Kier molecular flexibility index (Phi) is 7.72. The molecule has 1 N–H and O–H groups in total. The molecule has 1 aliphatic rings. The van der Waals surface area contributed by atoms with E-state index in [-0.39, 0.29) is 18.4 Å². The molecule has 8 heteroatoms. The van der Waals surface area contributed by atoms with Gasteiger partial charge in [0, 0.05) is 38.3 Å². The highest BCUT2D eigenvalue weighted by Gasteiger charge is 2.21. The third-order valence-electron chi connectivity index (χ3n) is 5.49. The molecule has 0 saturated carbocycles. The van der Waals surface area contributed by atoms with Gasteiger partial charge in [0.15, 0.2) is 5.82 Å². The van der Waals surface area contributed by atoms with Crippen LogP contribution in [0.1, 0.15) is 16.9 Å². The molecule has 0 radical (unpaired) electrons. The standard InChI is InChI=1S/C26H28N4O4/c1-20-17-24(28-34-20)27-25(31)18-29-13-15-30(16-14-29)26(32)12-9-21-7-10-23(11-8-21)33-19-22-5-3-2-4-6-22/h2-12,17H,13-16,18-19H2,1H3,(H,27,28,31)/b12-9+. The van der Waals surface area contributed by atoms with Crippen LogP contribution in [-0.4, -0.2) is 59.5 Å². The Morgan fingerprint density at radius 3 is 2.47 bits per heavy atom. The van der Waals surface area contributed by atoms with Crippen molar-refractivity contribution < 1.29 is 18.8 Å². The molecule has 1 aliphatic heterocycles. The van der Waals surface area contributed by atoms with Crippen molar-refractivity contribution in [3.8, 4) is 5.75 Å². The minimum absolute atomic E-state index is 0.0356. The van der Waals surface area contributed by atoms with Gasteiger partial charge in [0.1, 0.15) is 18.1 Å². The minimum Gasteiger partial charge on any atom is -0.489 e. The second kappa shape index (κ2) is 11.3. The third kappa shape index (κ3) is 6.79. The summed E-state index contributed by atoms with van der Waals surface area (Å²) in [5.74, 6) is 1.65. The maximum Gasteiger partial charge on any atom is 0.246 e. The van der Waals surface area contributed by atoms with Crippen LogP contribution in [0.2, 0.25) is 0 Å². The van der Waals surface area contributed by atoms with Crippen LogP contribution in [0.15, 0.2) is 71.3 Å². The van der Waals surface area contributed by atoms with Crippen LogP contribution < -0.4 is 10.1 Å². The minimum atomic E-state index is -0.149. The van der Waals surface area contributed by atoms with E-state index >= 15 is 0 Å². The Balaban J connectivity index is 1.19. The largest absolute Gasteiger partial charge is 0.489 e. The fourth-order valence-electron chi connectivity index (χ4n) is 3.63. The first-order chi connectivity index (χ1) is 16.5. The molecule has 4 rings (SSSR count). The molecule has 2 heterocycles. The summed E-state index contributed by atoms with van der Waals surface area (Å²) in [6, 6.07) is 19.3. The zero-order valence-corrected chi connectivity index (χ0v) is 19.1. The van der Waals surface area contributed by atoms with Crippen LogP contribution in [-0.2, 0) is 16.2 Å². The lowest BCUT2D eigenvalue weighted by molar-refractivity contribution is -0.127. The number of benzene rings is 2. The van der Waals surface area contributed by atoms with E-state index in [4.69, 9.17) is 9.26 Å². The highest BCUT2D eigenvalue weighted by atomic mass is 16.5. The van der Waals surface area contributed by atoms with E-state index in [0.29, 0.717) is 44.4 Å². The number of anilines is 1. The van der Waals surface area contributed by atoms with Crippen molar-refractivity contribution in [2.45, 2.75) is 13.5 Å². The van der Waals surface area contributed by atoms with Gasteiger partial charge in [0.25, 0.3) is 0 Å². The predicted molar refractivity (Wildman–Crippen MR) is 129 cm³/mol. The number of carbonyl (C=O) groups excluding carboxylic acids is 2. The number of carbonyl (C=O) groups is 2. The molecule has 176 valence electrons. The van der Waals surface area contributed by atoms with Crippen molar-refractivity contribution in [1.82, 2.24) is 15.0 Å². The van der Waals surface area contributed by atoms with Gasteiger partial charge < -0.3 is 19.5 Å². The van der Waals surface area contributed by atoms with E-state index in [1.807, 2.05) is 65.6 Å². The van der Waals surface area contributed by atoms with Crippen LogP contribution in [0.4, 0.5) is 5.82 Å². The number of nitrogens with one attached hydrogen (secondary N) is 1. The summed E-state index contributed by atoms with van der Waals surface area (Å²) >= 11 is 0. The van der Waals surface area contributed by atoms with Crippen molar-refractivity contribution >= 4 is 23.7 Å². The first-order valence-corrected chi connectivity index (χ1v) is 11.2. The summed E-state index contributed by atoms with van der Waals surface area (Å²) in [7, 11) is 0. The molecule has 0 spiro atoms. The number of piperazine rings is 1. The lowest BCUT2D eigenvalue weighted by Crippen LogP contribution is -2.50. The highest BCUT2D eigenvalue weighted by molar-refractivity contribution is 5.92. The average molecular weight is 461 g/mol. The average Bonchev–Trinajstić information content (AvgIpc) is 3.27. The summed E-state index contributed by atoms with van der Waals surface area (Å²) in [6.45, 7) is 4.96. The van der Waals surface area contributed by atoms with Crippen molar-refractivity contribution in [2.24, 2.45) is 0 Å². The van der Waals surface area contributed by atoms with E-state index in [1.54, 1.807) is 24.0 Å². The van der Waals surface area contributed by atoms with Gasteiger partial charge in [-0.05, 0) is 36.3 Å². The van der Waals surface area contributed by atoms with Crippen molar-refractivity contribution in [3.05, 3.63) is 83.6 Å². The molecule has 2 aromatic carbocycles. The summed E-state index contributed by atoms with van der Waals surface area (Å²) in [5, 5.41) is 6.48. The Hall–Kier alpha value is -3.91. The van der Waals surface area contributed by atoms with Gasteiger partial charge in [-0.1, -0.05) is 47.6 Å². The van der Waals surface area contributed by atoms with Gasteiger partial charge in [-0.2, -0.15) is 0 Å². The second-order valence-electron chi connectivity index (χ2n) is 8.15. The molecule has 2 amide bonds. The smallest absolute Gasteiger partial charge is 0.246 e. The third-order valence-corrected chi connectivity index (χ3v) is 5.49. The number of amides is 2. The molecular weight excluding hydrogens is 432 g/mol. The van der Waals surface area contributed by atoms with Crippen LogP contribution in [0, 0.1) is 6.92 Å². The maximum absolute atomic E-state index is 12.6. The Morgan fingerprint density at radius 2 is 1.79 bits per heavy atom. The van der Waals surface area contributed by atoms with E-state index in [0.717, 1.165) is 16.9 Å². The van der Waals surface area contributed by atoms with Gasteiger partial charge in [0.2, 0.25) is 11.8 Å². The molecule has 0 bridgehead atoms. The topological polar surface area (TPSA) is 87.9 Å². The summed E-state index contributed by atoms with van der Waals surface area (Å²) in [6.07, 6.45) is 3.40. The molecule has 34 heavy (non-hydrogen) atoms. The number of hydrogen-bond donors (Lipinski definition) is 1. The van der Waals surface area contributed by atoms with Crippen LogP contribution in [0.25, 0.3) is 6.08 Å². The van der Waals surface area contributed by atoms with Crippen LogP contribution in [0.3, 0.4) is 0 Å². The van der Waals surface area contributed by atoms with Gasteiger partial charge >= 0.3 is 0 Å². The fraction of sp³-hybridized carbons (Fsp3) is 0.269. The molecule has 0 atom stereocenters. The lowest BCUT2D eigenvalue weighted by Gasteiger charge is -2.33. The Bertz CT molecular complexity index is 1120. The van der Waals surface area contributed by atoms with Crippen molar-refractivity contribution in [1.29, 1.82) is 0 Å². The molecule has 3 aromatic rings. The molecule has 0 aliphatic carbocycles. The fourth-order valence-corrected chi connectivity index (χ4v) is 3.63. The molecule has 0 unspecified atom stereocenters. The number of rotatable bonds is 8. The number of hydrogen-bond acceptors (Lipinski definition) is 6. The zero-order valence-electron chi connectivity index (χ0n) is 19.1. The van der Waals surface area contributed by atoms with Gasteiger partial charge in [0.05, 0.1) is 6.54 Å². The predicted octanol–water partition coefficient (Wildman–Crippen LogP) is 3.36. The number of aryl methyl sites for hydroxylation is 1. The van der Waals surface area contributed by atoms with Crippen LogP contribution in [0.5, 0.6) is 5.75 Å². The summed E-state index contributed by atoms with van der Waals surface area (Å²) < 4.78 is 10.7. The molecule has 1 fully saturated rings. The first kappa shape index (κ1) is 23.3. The molecule has 8 nitrogen and oxygen atoms in total. The monoisotopic (exact) mass is 460 g/mol. The molecule has 1 saturated heterocycles. The number of aromatic nitrogens is 1. The maximum atomic E-state index is 12.6. The zero-order chi connectivity index (χ0) is 23.8. The van der Waals surface area contributed by atoms with E-state index in [9.17, 15) is 9.59 Å². The van der Waals surface area contributed by atoms with Crippen molar-refractivity contribution in [3.63, 3.8) is 0 Å². The van der Waals surface area contributed by atoms with Gasteiger partial charge in [-0.25, -0.2) is 0 Å². The molecular formula is C26H28N4O4. The van der Waals surface area contributed by atoms with E-state index < -0.39 is 0 Å². The highest BCUT2D eigenvalue weighted by Crippen LogP contribution is 2.15. The van der Waals surface area contributed by atoms with E-state index in [2.05, 4.69) is 10.5 Å². The molecule has 1 aromatic heterocycles. The lowest BCUT2D eigenvalue weighted by atomic mass is 10.2. The Labute approximate surface area is 198 Å².